The number of nitrogens with zero attached hydrogens (tertiary/aromatic N) is 2. The average molecular weight is 284 g/mol. The van der Waals surface area contributed by atoms with Gasteiger partial charge in [-0.1, -0.05) is 0 Å². The summed E-state index contributed by atoms with van der Waals surface area (Å²) in [5.74, 6) is 0.0972. The molecule has 2 saturated heterocycles. The summed E-state index contributed by atoms with van der Waals surface area (Å²) in [6, 6.07) is 0.0495. The van der Waals surface area contributed by atoms with Crippen LogP contribution in [-0.4, -0.2) is 86.8 Å². The van der Waals surface area contributed by atoms with Gasteiger partial charge in [0.2, 0.25) is 5.91 Å². The summed E-state index contributed by atoms with van der Waals surface area (Å²) in [5, 5.41) is 6.36. The van der Waals surface area contributed by atoms with Crippen LogP contribution in [0, 0.1) is 0 Å². The van der Waals surface area contributed by atoms with Crippen molar-refractivity contribution in [1.29, 1.82) is 0 Å². The van der Waals surface area contributed by atoms with E-state index in [1.165, 1.54) is 0 Å². The fraction of sp³-hybridized carbons (Fsp3) is 0.929. The number of ether oxygens (including phenoxy) is 1. The Bertz CT molecular complexity index is 306. The highest BCUT2D eigenvalue weighted by molar-refractivity contribution is 5.82. The van der Waals surface area contributed by atoms with Crippen LogP contribution in [0.5, 0.6) is 0 Å². The monoisotopic (exact) mass is 284 g/mol. The summed E-state index contributed by atoms with van der Waals surface area (Å²) >= 11 is 0. The van der Waals surface area contributed by atoms with Gasteiger partial charge in [0.25, 0.3) is 0 Å². The molecule has 20 heavy (non-hydrogen) atoms. The van der Waals surface area contributed by atoms with Gasteiger partial charge in [0.05, 0.1) is 13.2 Å². The van der Waals surface area contributed by atoms with E-state index < -0.39 is 0 Å². The van der Waals surface area contributed by atoms with Crippen molar-refractivity contribution >= 4 is 5.91 Å². The summed E-state index contributed by atoms with van der Waals surface area (Å²) in [6.45, 7) is 12.4. The second-order valence-electron chi connectivity index (χ2n) is 5.88. The molecule has 0 radical (unpaired) electrons. The van der Waals surface area contributed by atoms with E-state index in [0.29, 0.717) is 6.61 Å². The van der Waals surface area contributed by atoms with E-state index in [4.69, 9.17) is 4.74 Å². The highest BCUT2D eigenvalue weighted by Crippen LogP contribution is 2.08. The Balaban J connectivity index is 1.81. The number of piperazine rings is 1. The van der Waals surface area contributed by atoms with Crippen LogP contribution in [0.25, 0.3) is 0 Å². The molecule has 2 N–H and O–H groups in total. The summed E-state index contributed by atoms with van der Waals surface area (Å²) in [4.78, 5) is 16.9. The van der Waals surface area contributed by atoms with Crippen molar-refractivity contribution in [2.75, 3.05) is 59.0 Å². The molecule has 0 aliphatic carbocycles. The number of amides is 1. The largest absolute Gasteiger partial charge is 0.378 e. The Morgan fingerprint density at radius 1 is 1.30 bits per heavy atom. The molecule has 0 aromatic heterocycles. The van der Waals surface area contributed by atoms with Crippen LogP contribution in [0.4, 0.5) is 0 Å². The van der Waals surface area contributed by atoms with Crippen molar-refractivity contribution in [1.82, 2.24) is 20.4 Å². The van der Waals surface area contributed by atoms with Gasteiger partial charge in [-0.3, -0.25) is 14.6 Å². The molecule has 0 bridgehead atoms. The Morgan fingerprint density at radius 3 is 2.75 bits per heavy atom. The normalized spacial score (nSPS) is 25.9. The molecule has 1 atom stereocenters. The summed E-state index contributed by atoms with van der Waals surface area (Å²) in [6.07, 6.45) is 0. The van der Waals surface area contributed by atoms with E-state index >= 15 is 0 Å². The first-order valence-electron chi connectivity index (χ1n) is 7.72. The molecule has 0 saturated carbocycles. The minimum atomic E-state index is -0.130. The smallest absolute Gasteiger partial charge is 0.239 e. The van der Waals surface area contributed by atoms with Gasteiger partial charge in [-0.15, -0.1) is 0 Å². The highest BCUT2D eigenvalue weighted by atomic mass is 16.5. The molecule has 1 unspecified atom stereocenters. The van der Waals surface area contributed by atoms with Crippen LogP contribution in [-0.2, 0) is 9.53 Å². The number of hydrogen-bond donors (Lipinski definition) is 2. The third-order valence-corrected chi connectivity index (χ3v) is 3.89. The summed E-state index contributed by atoms with van der Waals surface area (Å²) in [7, 11) is 0. The summed E-state index contributed by atoms with van der Waals surface area (Å²) < 4.78 is 5.48. The molecule has 0 aromatic carbocycles. The minimum absolute atomic E-state index is 0.0972. The standard InChI is InChI=1S/C14H28N4O2/c1-12(2)16-14(19)13-11-20-10-9-18(13)8-7-17-5-3-15-4-6-17/h12-13,15H,3-11H2,1-2H3,(H,16,19). The molecule has 0 aromatic rings. The molecule has 2 fully saturated rings. The third-order valence-electron chi connectivity index (χ3n) is 3.89. The Morgan fingerprint density at radius 2 is 2.05 bits per heavy atom. The van der Waals surface area contributed by atoms with E-state index in [9.17, 15) is 4.79 Å². The zero-order valence-electron chi connectivity index (χ0n) is 12.7. The lowest BCUT2D eigenvalue weighted by molar-refractivity contribution is -0.133. The number of morpholine rings is 1. The van der Waals surface area contributed by atoms with Crippen LogP contribution in [0.3, 0.4) is 0 Å². The van der Waals surface area contributed by atoms with E-state index in [2.05, 4.69) is 20.4 Å². The quantitative estimate of drug-likeness (QED) is 0.686. The van der Waals surface area contributed by atoms with Gasteiger partial charge in [0.1, 0.15) is 6.04 Å². The molecule has 2 aliphatic rings. The second-order valence-corrected chi connectivity index (χ2v) is 5.88. The van der Waals surface area contributed by atoms with Crippen molar-refractivity contribution < 1.29 is 9.53 Å². The van der Waals surface area contributed by atoms with Crippen molar-refractivity contribution in [3.63, 3.8) is 0 Å². The predicted octanol–water partition coefficient (Wildman–Crippen LogP) is -0.883. The Labute approximate surface area is 121 Å². The molecule has 2 aliphatic heterocycles. The number of hydrogen-bond acceptors (Lipinski definition) is 5. The Kier molecular flexibility index (Phi) is 6.22. The van der Waals surface area contributed by atoms with E-state index in [1.807, 2.05) is 13.8 Å². The number of carbonyl (C=O) groups excluding carboxylic acids is 1. The van der Waals surface area contributed by atoms with E-state index in [1.54, 1.807) is 0 Å². The van der Waals surface area contributed by atoms with Crippen molar-refractivity contribution in [3.05, 3.63) is 0 Å². The van der Waals surface area contributed by atoms with Gasteiger partial charge in [-0.25, -0.2) is 0 Å². The molecule has 0 spiro atoms. The molecule has 6 heteroatoms. The van der Waals surface area contributed by atoms with Crippen LogP contribution in [0.2, 0.25) is 0 Å². The fourth-order valence-corrected chi connectivity index (χ4v) is 2.73. The van der Waals surface area contributed by atoms with Gasteiger partial charge in [-0.2, -0.15) is 0 Å². The van der Waals surface area contributed by atoms with Crippen LogP contribution in [0.1, 0.15) is 13.8 Å². The Hall–Kier alpha value is -0.690. The lowest BCUT2D eigenvalue weighted by Crippen LogP contribution is -2.56. The van der Waals surface area contributed by atoms with Crippen molar-refractivity contribution in [3.8, 4) is 0 Å². The molecule has 2 heterocycles. The maximum absolute atomic E-state index is 12.2. The predicted molar refractivity (Wildman–Crippen MR) is 78.8 cm³/mol. The zero-order valence-corrected chi connectivity index (χ0v) is 12.7. The summed E-state index contributed by atoms with van der Waals surface area (Å²) in [5.41, 5.74) is 0. The molecule has 1 amide bonds. The lowest BCUT2D eigenvalue weighted by Gasteiger charge is -2.37. The first kappa shape index (κ1) is 15.7. The van der Waals surface area contributed by atoms with Gasteiger partial charge in [0, 0.05) is 51.9 Å². The molecule has 2 rings (SSSR count). The fourth-order valence-electron chi connectivity index (χ4n) is 2.73. The third kappa shape index (κ3) is 4.70. The lowest BCUT2D eigenvalue weighted by atomic mass is 10.2. The number of nitrogens with one attached hydrogen (secondary N) is 2. The van der Waals surface area contributed by atoms with E-state index in [0.717, 1.165) is 52.4 Å². The van der Waals surface area contributed by atoms with Gasteiger partial charge in [0.15, 0.2) is 0 Å². The van der Waals surface area contributed by atoms with E-state index in [-0.39, 0.29) is 18.0 Å². The van der Waals surface area contributed by atoms with Crippen LogP contribution >= 0.6 is 0 Å². The van der Waals surface area contributed by atoms with Gasteiger partial charge >= 0.3 is 0 Å². The van der Waals surface area contributed by atoms with Gasteiger partial charge in [-0.05, 0) is 13.8 Å². The zero-order chi connectivity index (χ0) is 14.4. The van der Waals surface area contributed by atoms with Crippen molar-refractivity contribution in [2.24, 2.45) is 0 Å². The highest BCUT2D eigenvalue weighted by Gasteiger charge is 2.29. The maximum Gasteiger partial charge on any atom is 0.239 e. The van der Waals surface area contributed by atoms with Crippen LogP contribution in [0.15, 0.2) is 0 Å². The molecule has 6 nitrogen and oxygen atoms in total. The average Bonchev–Trinajstić information content (AvgIpc) is 2.46. The number of carbonyl (C=O) groups is 1. The first-order valence-corrected chi connectivity index (χ1v) is 7.72. The van der Waals surface area contributed by atoms with Gasteiger partial charge < -0.3 is 15.4 Å². The van der Waals surface area contributed by atoms with Crippen molar-refractivity contribution in [2.45, 2.75) is 25.9 Å². The second kappa shape index (κ2) is 7.93. The SMILES string of the molecule is CC(C)NC(=O)C1COCCN1CCN1CCNCC1. The number of rotatable bonds is 5. The van der Waals surface area contributed by atoms with Crippen LogP contribution < -0.4 is 10.6 Å². The maximum atomic E-state index is 12.2. The molecule has 116 valence electrons. The first-order chi connectivity index (χ1) is 9.66. The topological polar surface area (TPSA) is 56.8 Å². The molecular weight excluding hydrogens is 256 g/mol. The molecular formula is C14H28N4O2. The minimum Gasteiger partial charge on any atom is -0.378 e.